The third kappa shape index (κ3) is 4.78. The summed E-state index contributed by atoms with van der Waals surface area (Å²) in [4.78, 5) is 36.7. The average Bonchev–Trinajstić information content (AvgIpc) is 2.71. The van der Waals surface area contributed by atoms with E-state index in [1.54, 1.807) is 18.2 Å². The normalized spacial score (nSPS) is 16.3. The third-order valence-corrected chi connectivity index (χ3v) is 3.79. The topological polar surface area (TPSA) is 96.5 Å². The summed E-state index contributed by atoms with van der Waals surface area (Å²) in [6.07, 6.45) is -5.27. The van der Waals surface area contributed by atoms with Crippen molar-refractivity contribution in [3.63, 3.8) is 0 Å². The second-order valence-corrected chi connectivity index (χ2v) is 5.89. The predicted molar refractivity (Wildman–Crippen MR) is 92.7 cm³/mol. The molecular weight excluding hydrogens is 379 g/mol. The highest BCUT2D eigenvalue weighted by molar-refractivity contribution is 6.11. The standard InChI is InChI=1S/C18H14F3N3O4/c19-18(20,21)28-11-5-3-4-10(8-11)22-15(25)9-14-17(27)23-13-7-2-1-6-12(13)16(26)24-14/h1-8,14H,9H2,(H,22,25)(H,23,27)(H,24,26)/t14-/m1/s1. The van der Waals surface area contributed by atoms with E-state index < -0.39 is 42.3 Å². The van der Waals surface area contributed by atoms with Gasteiger partial charge in [0, 0.05) is 11.8 Å². The molecule has 0 fully saturated rings. The zero-order chi connectivity index (χ0) is 20.3. The second kappa shape index (κ2) is 7.59. The van der Waals surface area contributed by atoms with Crippen LogP contribution >= 0.6 is 0 Å². The van der Waals surface area contributed by atoms with Gasteiger partial charge in [-0.25, -0.2) is 0 Å². The van der Waals surface area contributed by atoms with E-state index in [1.165, 1.54) is 18.2 Å². The molecule has 0 unspecified atom stereocenters. The number of alkyl halides is 3. The Balaban J connectivity index is 1.66. The molecule has 3 N–H and O–H groups in total. The first-order chi connectivity index (χ1) is 13.2. The highest BCUT2D eigenvalue weighted by Gasteiger charge is 2.31. The minimum Gasteiger partial charge on any atom is -0.406 e. The Morgan fingerprint density at radius 3 is 2.61 bits per heavy atom. The van der Waals surface area contributed by atoms with Crippen molar-refractivity contribution in [2.45, 2.75) is 18.8 Å². The summed E-state index contributed by atoms with van der Waals surface area (Å²) in [5, 5.41) is 7.39. The summed E-state index contributed by atoms with van der Waals surface area (Å²) in [7, 11) is 0. The van der Waals surface area contributed by atoms with Crippen LogP contribution in [0.25, 0.3) is 0 Å². The number of benzene rings is 2. The van der Waals surface area contributed by atoms with Gasteiger partial charge >= 0.3 is 6.36 Å². The summed E-state index contributed by atoms with van der Waals surface area (Å²) < 4.78 is 40.6. The number of carbonyl (C=O) groups excluding carboxylic acids is 3. The first-order valence-corrected chi connectivity index (χ1v) is 8.08. The van der Waals surface area contributed by atoms with Crippen LogP contribution in [0, 0.1) is 0 Å². The van der Waals surface area contributed by atoms with Crippen LogP contribution in [0.15, 0.2) is 48.5 Å². The molecule has 1 aliphatic rings. The quantitative estimate of drug-likeness (QED) is 0.744. The van der Waals surface area contributed by atoms with Crippen molar-refractivity contribution < 1.29 is 32.3 Å². The first kappa shape index (κ1) is 19.2. The van der Waals surface area contributed by atoms with Crippen molar-refractivity contribution in [3.05, 3.63) is 54.1 Å². The van der Waals surface area contributed by atoms with E-state index in [9.17, 15) is 27.6 Å². The van der Waals surface area contributed by atoms with Gasteiger partial charge in [-0.1, -0.05) is 18.2 Å². The monoisotopic (exact) mass is 393 g/mol. The second-order valence-electron chi connectivity index (χ2n) is 5.89. The highest BCUT2D eigenvalue weighted by atomic mass is 19.4. The SMILES string of the molecule is O=C(C[C@H]1NC(=O)c2ccccc2NC1=O)Nc1cccc(OC(F)(F)F)c1. The van der Waals surface area contributed by atoms with Crippen molar-refractivity contribution >= 4 is 29.1 Å². The predicted octanol–water partition coefficient (Wildman–Crippen LogP) is 2.66. The molecule has 0 saturated carbocycles. The van der Waals surface area contributed by atoms with E-state index in [4.69, 9.17) is 0 Å². The number of amides is 3. The molecule has 0 aliphatic carbocycles. The van der Waals surface area contributed by atoms with Crippen LogP contribution in [0.3, 0.4) is 0 Å². The van der Waals surface area contributed by atoms with Gasteiger partial charge in [0.2, 0.25) is 11.8 Å². The number of hydrogen-bond acceptors (Lipinski definition) is 4. The van der Waals surface area contributed by atoms with Crippen molar-refractivity contribution in [1.82, 2.24) is 5.32 Å². The number of rotatable bonds is 4. The van der Waals surface area contributed by atoms with Crippen LogP contribution in [0.2, 0.25) is 0 Å². The molecule has 0 aromatic heterocycles. The van der Waals surface area contributed by atoms with Crippen LogP contribution in [0.5, 0.6) is 5.75 Å². The maximum absolute atomic E-state index is 12.3. The van der Waals surface area contributed by atoms with Gasteiger partial charge in [0.1, 0.15) is 11.8 Å². The van der Waals surface area contributed by atoms with E-state index in [-0.39, 0.29) is 11.3 Å². The van der Waals surface area contributed by atoms with Crippen LogP contribution in [0.4, 0.5) is 24.5 Å². The summed E-state index contributed by atoms with van der Waals surface area (Å²) in [5.74, 6) is -2.27. The Morgan fingerprint density at radius 1 is 1.11 bits per heavy atom. The molecule has 2 aromatic rings. The molecule has 0 bridgehead atoms. The molecule has 3 rings (SSSR count). The Bertz CT molecular complexity index is 930. The lowest BCUT2D eigenvalue weighted by atomic mass is 10.1. The molecule has 0 radical (unpaired) electrons. The van der Waals surface area contributed by atoms with E-state index in [2.05, 4.69) is 20.7 Å². The summed E-state index contributed by atoms with van der Waals surface area (Å²) in [5.41, 5.74) is 0.635. The van der Waals surface area contributed by atoms with Crippen LogP contribution < -0.4 is 20.7 Å². The molecule has 1 aliphatic heterocycles. The fourth-order valence-electron chi connectivity index (χ4n) is 2.62. The van der Waals surface area contributed by atoms with Crippen molar-refractivity contribution in [2.24, 2.45) is 0 Å². The van der Waals surface area contributed by atoms with Gasteiger partial charge in [-0.3, -0.25) is 14.4 Å². The number of anilines is 2. The van der Waals surface area contributed by atoms with Crippen molar-refractivity contribution in [2.75, 3.05) is 10.6 Å². The summed E-state index contributed by atoms with van der Waals surface area (Å²) >= 11 is 0. The molecule has 28 heavy (non-hydrogen) atoms. The molecule has 146 valence electrons. The molecule has 0 saturated heterocycles. The van der Waals surface area contributed by atoms with Crippen LogP contribution in [0.1, 0.15) is 16.8 Å². The van der Waals surface area contributed by atoms with Gasteiger partial charge in [0.05, 0.1) is 17.7 Å². The molecule has 10 heteroatoms. The molecule has 2 aromatic carbocycles. The first-order valence-electron chi connectivity index (χ1n) is 8.08. The molecule has 3 amide bonds. The maximum atomic E-state index is 12.3. The largest absolute Gasteiger partial charge is 0.573 e. The summed E-state index contributed by atoms with van der Waals surface area (Å²) in [6, 6.07) is 9.93. The number of nitrogens with one attached hydrogen (secondary N) is 3. The minimum absolute atomic E-state index is 0.0513. The fraction of sp³-hybridized carbons (Fsp3) is 0.167. The van der Waals surface area contributed by atoms with E-state index in [0.29, 0.717) is 5.69 Å². The Kier molecular flexibility index (Phi) is 5.21. The molecule has 0 spiro atoms. The van der Waals surface area contributed by atoms with Crippen LogP contribution in [-0.4, -0.2) is 30.1 Å². The average molecular weight is 393 g/mol. The smallest absolute Gasteiger partial charge is 0.406 e. The van der Waals surface area contributed by atoms with Gasteiger partial charge in [-0.15, -0.1) is 13.2 Å². The Morgan fingerprint density at radius 2 is 1.86 bits per heavy atom. The number of para-hydroxylation sites is 1. The lowest BCUT2D eigenvalue weighted by Crippen LogP contribution is -2.43. The zero-order valence-electron chi connectivity index (χ0n) is 14.2. The number of halogens is 3. The molecule has 1 atom stereocenters. The van der Waals surface area contributed by atoms with Gasteiger partial charge in [0.15, 0.2) is 0 Å². The van der Waals surface area contributed by atoms with E-state index >= 15 is 0 Å². The third-order valence-electron chi connectivity index (χ3n) is 3.79. The van der Waals surface area contributed by atoms with Crippen LogP contribution in [-0.2, 0) is 9.59 Å². The number of hydrogen-bond donors (Lipinski definition) is 3. The van der Waals surface area contributed by atoms with Crippen molar-refractivity contribution in [3.8, 4) is 5.75 Å². The number of carbonyl (C=O) groups is 3. The molecule has 7 nitrogen and oxygen atoms in total. The lowest BCUT2D eigenvalue weighted by Gasteiger charge is -2.15. The minimum atomic E-state index is -4.86. The van der Waals surface area contributed by atoms with Gasteiger partial charge in [0.25, 0.3) is 5.91 Å². The van der Waals surface area contributed by atoms with Gasteiger partial charge < -0.3 is 20.7 Å². The Hall–Kier alpha value is -3.56. The van der Waals surface area contributed by atoms with Crippen molar-refractivity contribution in [1.29, 1.82) is 0 Å². The summed E-state index contributed by atoms with van der Waals surface area (Å²) in [6.45, 7) is 0. The molecule has 1 heterocycles. The van der Waals surface area contributed by atoms with E-state index in [1.807, 2.05) is 0 Å². The number of ether oxygens (including phenoxy) is 1. The van der Waals surface area contributed by atoms with Gasteiger partial charge in [-0.2, -0.15) is 0 Å². The Labute approximate surface area is 156 Å². The maximum Gasteiger partial charge on any atom is 0.573 e. The van der Waals surface area contributed by atoms with E-state index in [0.717, 1.165) is 12.1 Å². The zero-order valence-corrected chi connectivity index (χ0v) is 14.2. The molecular formula is C18H14F3N3O4. The van der Waals surface area contributed by atoms with Gasteiger partial charge in [-0.05, 0) is 24.3 Å². The highest BCUT2D eigenvalue weighted by Crippen LogP contribution is 2.25. The fourth-order valence-corrected chi connectivity index (χ4v) is 2.62. The number of fused-ring (bicyclic) bond motifs is 1. The lowest BCUT2D eigenvalue weighted by molar-refractivity contribution is -0.274.